The molecule has 3 atom stereocenters. The second kappa shape index (κ2) is 5.35. The van der Waals surface area contributed by atoms with E-state index in [0.717, 1.165) is 37.2 Å². The van der Waals surface area contributed by atoms with Gasteiger partial charge < -0.3 is 20.8 Å². The molecule has 3 aliphatic rings. The monoisotopic (exact) mass is 314 g/mol. The molecule has 122 valence electrons. The Bertz CT molecular complexity index is 685. The van der Waals surface area contributed by atoms with Gasteiger partial charge in [0.05, 0.1) is 11.0 Å². The Labute approximate surface area is 135 Å². The van der Waals surface area contributed by atoms with Crippen LogP contribution in [0.3, 0.4) is 0 Å². The number of benzene rings is 1. The van der Waals surface area contributed by atoms with Gasteiger partial charge in [0.15, 0.2) is 0 Å². The first-order chi connectivity index (χ1) is 11.2. The summed E-state index contributed by atoms with van der Waals surface area (Å²) >= 11 is 0. The first-order valence-corrected chi connectivity index (χ1v) is 8.36. The van der Waals surface area contributed by atoms with Gasteiger partial charge in [0.25, 0.3) is 0 Å². The predicted molar refractivity (Wildman–Crippen MR) is 87.2 cm³/mol. The number of para-hydroxylation sites is 1. The Morgan fingerprint density at radius 3 is 2.96 bits per heavy atom. The molecule has 0 amide bonds. The van der Waals surface area contributed by atoms with Gasteiger partial charge in [-0.15, -0.1) is 0 Å². The molecule has 5 heteroatoms. The smallest absolute Gasteiger partial charge is 0.333 e. The summed E-state index contributed by atoms with van der Waals surface area (Å²) in [5.41, 5.74) is 3.42. The molecule has 2 heterocycles. The van der Waals surface area contributed by atoms with Crippen LogP contribution in [0.5, 0.6) is 0 Å². The second-order valence-corrected chi connectivity index (χ2v) is 6.81. The van der Waals surface area contributed by atoms with Crippen LogP contribution >= 0.6 is 0 Å². The van der Waals surface area contributed by atoms with E-state index in [2.05, 4.69) is 16.7 Å². The van der Waals surface area contributed by atoms with Crippen LogP contribution in [0.2, 0.25) is 0 Å². The molecule has 0 bridgehead atoms. The highest BCUT2D eigenvalue weighted by Gasteiger charge is 2.57. The largest absolute Gasteiger partial charge is 0.478 e. The zero-order valence-electron chi connectivity index (χ0n) is 13.0. The van der Waals surface area contributed by atoms with Crippen molar-refractivity contribution >= 4 is 11.7 Å². The number of aliphatic hydroxyl groups excluding tert-OH is 1. The molecular formula is C18H22N2O3. The van der Waals surface area contributed by atoms with Gasteiger partial charge in [-0.2, -0.15) is 0 Å². The maximum Gasteiger partial charge on any atom is 0.333 e. The van der Waals surface area contributed by atoms with E-state index in [-0.39, 0.29) is 24.0 Å². The maximum absolute atomic E-state index is 11.9. The fourth-order valence-electron chi connectivity index (χ4n) is 4.91. The van der Waals surface area contributed by atoms with E-state index in [9.17, 15) is 15.0 Å². The standard InChI is InChI=1S/C18H22N2O3/c21-9-3-4-11-10-12(17(22)23)16-18(7-8-19-15(11)18)13-5-1-2-6-14(13)20-16/h1-2,5-6,11,15,19-21H,3-4,7-10H2,(H,22,23). The summed E-state index contributed by atoms with van der Waals surface area (Å²) in [5.74, 6) is -0.577. The van der Waals surface area contributed by atoms with Crippen molar-refractivity contribution in [3.05, 3.63) is 41.1 Å². The van der Waals surface area contributed by atoms with E-state index in [1.54, 1.807) is 0 Å². The lowest BCUT2D eigenvalue weighted by molar-refractivity contribution is -0.133. The summed E-state index contributed by atoms with van der Waals surface area (Å²) in [6.07, 6.45) is 3.05. The Hall–Kier alpha value is -1.85. The highest BCUT2D eigenvalue weighted by atomic mass is 16.4. The molecule has 3 unspecified atom stereocenters. The lowest BCUT2D eigenvalue weighted by Crippen LogP contribution is -2.50. The molecule has 2 aliphatic heterocycles. The number of fused-ring (bicyclic) bond motifs is 1. The number of hydrogen-bond donors (Lipinski definition) is 4. The van der Waals surface area contributed by atoms with Gasteiger partial charge in [-0.25, -0.2) is 4.79 Å². The van der Waals surface area contributed by atoms with E-state index in [1.807, 2.05) is 18.2 Å². The summed E-state index contributed by atoms with van der Waals surface area (Å²) in [6, 6.07) is 8.42. The van der Waals surface area contributed by atoms with Crippen LogP contribution < -0.4 is 10.6 Å². The molecule has 1 spiro atoms. The Morgan fingerprint density at radius 1 is 1.35 bits per heavy atom. The Balaban J connectivity index is 1.88. The van der Waals surface area contributed by atoms with E-state index >= 15 is 0 Å². The third kappa shape index (κ3) is 1.96. The molecule has 1 saturated heterocycles. The van der Waals surface area contributed by atoms with Gasteiger partial charge in [0, 0.05) is 24.0 Å². The molecule has 4 rings (SSSR count). The number of nitrogens with one attached hydrogen (secondary N) is 2. The van der Waals surface area contributed by atoms with Crippen molar-refractivity contribution in [3.8, 4) is 0 Å². The molecule has 1 aliphatic carbocycles. The number of carbonyl (C=O) groups is 1. The molecule has 1 fully saturated rings. The molecule has 5 nitrogen and oxygen atoms in total. The van der Waals surface area contributed by atoms with Crippen LogP contribution in [0, 0.1) is 5.92 Å². The van der Waals surface area contributed by atoms with Crippen molar-refractivity contribution in [2.24, 2.45) is 5.92 Å². The fraction of sp³-hybridized carbons (Fsp3) is 0.500. The normalized spacial score (nSPS) is 31.3. The number of aliphatic carboxylic acids is 1. The van der Waals surface area contributed by atoms with Crippen molar-refractivity contribution in [1.29, 1.82) is 0 Å². The minimum Gasteiger partial charge on any atom is -0.478 e. The maximum atomic E-state index is 11.9. The summed E-state index contributed by atoms with van der Waals surface area (Å²) in [4.78, 5) is 11.9. The van der Waals surface area contributed by atoms with Gasteiger partial charge >= 0.3 is 5.97 Å². The zero-order chi connectivity index (χ0) is 16.0. The summed E-state index contributed by atoms with van der Waals surface area (Å²) in [5, 5.41) is 26.0. The van der Waals surface area contributed by atoms with Crippen LogP contribution in [0.15, 0.2) is 35.5 Å². The van der Waals surface area contributed by atoms with Crippen molar-refractivity contribution in [1.82, 2.24) is 5.32 Å². The molecule has 1 aromatic rings. The van der Waals surface area contributed by atoms with E-state index in [4.69, 9.17) is 0 Å². The molecule has 4 N–H and O–H groups in total. The van der Waals surface area contributed by atoms with E-state index < -0.39 is 5.97 Å². The molecular weight excluding hydrogens is 292 g/mol. The number of aliphatic hydroxyl groups is 1. The highest BCUT2D eigenvalue weighted by molar-refractivity contribution is 5.91. The number of anilines is 1. The van der Waals surface area contributed by atoms with Crippen molar-refractivity contribution in [2.45, 2.75) is 37.1 Å². The first kappa shape index (κ1) is 14.7. The number of rotatable bonds is 4. The van der Waals surface area contributed by atoms with Crippen LogP contribution in [0.25, 0.3) is 0 Å². The first-order valence-electron chi connectivity index (χ1n) is 8.36. The third-order valence-electron chi connectivity index (χ3n) is 5.76. The molecule has 23 heavy (non-hydrogen) atoms. The molecule has 1 aromatic carbocycles. The second-order valence-electron chi connectivity index (χ2n) is 6.81. The molecule has 0 saturated carbocycles. The summed E-state index contributed by atoms with van der Waals surface area (Å²) < 4.78 is 0. The summed E-state index contributed by atoms with van der Waals surface area (Å²) in [7, 11) is 0. The van der Waals surface area contributed by atoms with Crippen LogP contribution in [-0.4, -0.2) is 35.4 Å². The van der Waals surface area contributed by atoms with Crippen LogP contribution in [0.4, 0.5) is 5.69 Å². The quantitative estimate of drug-likeness (QED) is 0.682. The topological polar surface area (TPSA) is 81.6 Å². The van der Waals surface area contributed by atoms with Gasteiger partial charge in [-0.05, 0) is 49.8 Å². The predicted octanol–water partition coefficient (Wildman–Crippen LogP) is 1.84. The Kier molecular flexibility index (Phi) is 3.43. The Morgan fingerprint density at radius 2 is 2.17 bits per heavy atom. The fourth-order valence-corrected chi connectivity index (χ4v) is 4.91. The van der Waals surface area contributed by atoms with Crippen LogP contribution in [-0.2, 0) is 10.2 Å². The average Bonchev–Trinajstić information content (AvgIpc) is 3.13. The van der Waals surface area contributed by atoms with Gasteiger partial charge in [0.1, 0.15) is 0 Å². The zero-order valence-corrected chi connectivity index (χ0v) is 13.0. The molecule has 0 radical (unpaired) electrons. The number of carboxylic acids is 1. The lowest BCUT2D eigenvalue weighted by Gasteiger charge is -2.42. The van der Waals surface area contributed by atoms with Gasteiger partial charge in [-0.3, -0.25) is 0 Å². The number of carboxylic acid groups (broad SMARTS) is 1. The average molecular weight is 314 g/mol. The third-order valence-corrected chi connectivity index (χ3v) is 5.76. The molecule has 0 aromatic heterocycles. The summed E-state index contributed by atoms with van der Waals surface area (Å²) in [6.45, 7) is 1.05. The van der Waals surface area contributed by atoms with Crippen molar-refractivity contribution in [3.63, 3.8) is 0 Å². The van der Waals surface area contributed by atoms with Gasteiger partial charge in [-0.1, -0.05) is 18.2 Å². The number of hydrogen-bond acceptors (Lipinski definition) is 4. The van der Waals surface area contributed by atoms with Crippen molar-refractivity contribution in [2.75, 3.05) is 18.5 Å². The van der Waals surface area contributed by atoms with Crippen LogP contribution in [0.1, 0.15) is 31.2 Å². The minimum absolute atomic E-state index is 0.157. The van der Waals surface area contributed by atoms with E-state index in [1.165, 1.54) is 5.56 Å². The van der Waals surface area contributed by atoms with Gasteiger partial charge in [0.2, 0.25) is 0 Å². The minimum atomic E-state index is -0.820. The van der Waals surface area contributed by atoms with E-state index in [0.29, 0.717) is 12.0 Å². The SMILES string of the molecule is O=C(O)C1=C2Nc3ccccc3C23CCNC3C(CCCO)C1. The van der Waals surface area contributed by atoms with Crippen molar-refractivity contribution < 1.29 is 15.0 Å². The highest BCUT2D eigenvalue weighted by Crippen LogP contribution is 2.56. The lowest BCUT2D eigenvalue weighted by atomic mass is 9.63.